The summed E-state index contributed by atoms with van der Waals surface area (Å²) < 4.78 is 29.0. The lowest BCUT2D eigenvalue weighted by atomic mass is 9.89. The number of hydrogen-bond acceptors (Lipinski definition) is 3. The van der Waals surface area contributed by atoms with E-state index in [-0.39, 0.29) is 18.0 Å². The molecule has 7 heteroatoms. The molecule has 2 aromatic rings. The first kappa shape index (κ1) is 20.2. The number of aromatic nitrogens is 2. The molecule has 0 aliphatic carbocycles. The largest absolute Gasteiger partial charge is 0.337 e. The first-order chi connectivity index (χ1) is 13.3. The van der Waals surface area contributed by atoms with Crippen molar-refractivity contribution in [2.24, 2.45) is 18.9 Å². The first-order valence-corrected chi connectivity index (χ1v) is 9.57. The van der Waals surface area contributed by atoms with Crippen LogP contribution in [-0.2, 0) is 13.5 Å². The summed E-state index contributed by atoms with van der Waals surface area (Å²) in [6.07, 6.45) is 1.96. The zero-order valence-electron chi connectivity index (χ0n) is 16.4. The predicted octanol–water partition coefficient (Wildman–Crippen LogP) is 3.63. The minimum atomic E-state index is -0.736. The average Bonchev–Trinajstić information content (AvgIpc) is 3.02. The number of hydrogen-bond donors (Lipinski definition) is 0. The van der Waals surface area contributed by atoms with Crippen molar-refractivity contribution < 1.29 is 18.4 Å². The number of Topliss-reactive ketones (excluding diaryl/α,β-unsaturated/α-hetero) is 1. The number of rotatable bonds is 5. The molecule has 1 aliphatic rings. The Labute approximate surface area is 163 Å². The smallest absolute Gasteiger partial charge is 0.272 e. The summed E-state index contributed by atoms with van der Waals surface area (Å²) in [4.78, 5) is 27.3. The lowest BCUT2D eigenvalue weighted by Crippen LogP contribution is -2.43. The molecule has 0 bridgehead atoms. The van der Waals surface area contributed by atoms with Crippen molar-refractivity contribution in [2.75, 3.05) is 13.1 Å². The Bertz CT molecular complexity index is 892. The number of benzene rings is 1. The van der Waals surface area contributed by atoms with E-state index in [4.69, 9.17) is 0 Å². The fourth-order valence-electron chi connectivity index (χ4n) is 3.69. The van der Waals surface area contributed by atoms with Crippen LogP contribution in [0.25, 0.3) is 0 Å². The second-order valence-electron chi connectivity index (χ2n) is 7.82. The topological polar surface area (TPSA) is 55.2 Å². The van der Waals surface area contributed by atoms with E-state index < -0.39 is 23.3 Å². The van der Waals surface area contributed by atoms with Gasteiger partial charge in [0, 0.05) is 26.1 Å². The molecule has 2 heterocycles. The number of piperidine rings is 1. The van der Waals surface area contributed by atoms with Crippen LogP contribution in [0.1, 0.15) is 53.2 Å². The highest BCUT2D eigenvalue weighted by Gasteiger charge is 2.32. The third kappa shape index (κ3) is 4.29. The highest BCUT2D eigenvalue weighted by molar-refractivity contribution is 5.99. The number of nitrogens with zero attached hydrogens (tertiary/aromatic N) is 3. The predicted molar refractivity (Wildman–Crippen MR) is 101 cm³/mol. The number of likely N-dealkylation sites (tertiary alicyclic amines) is 1. The van der Waals surface area contributed by atoms with Crippen LogP contribution in [0.15, 0.2) is 24.3 Å². The van der Waals surface area contributed by atoms with Crippen LogP contribution in [0.4, 0.5) is 8.78 Å². The van der Waals surface area contributed by atoms with Crippen LogP contribution < -0.4 is 0 Å². The van der Waals surface area contributed by atoms with Gasteiger partial charge in [0.2, 0.25) is 0 Å². The molecule has 0 saturated carbocycles. The van der Waals surface area contributed by atoms with Crippen molar-refractivity contribution in [1.82, 2.24) is 14.7 Å². The zero-order valence-corrected chi connectivity index (χ0v) is 16.4. The zero-order chi connectivity index (χ0) is 20.4. The molecule has 150 valence electrons. The Hall–Kier alpha value is -2.57. The molecular weight excluding hydrogens is 364 g/mol. The van der Waals surface area contributed by atoms with Crippen molar-refractivity contribution in [1.29, 1.82) is 0 Å². The van der Waals surface area contributed by atoms with Gasteiger partial charge in [0.05, 0.1) is 11.3 Å². The molecule has 1 aromatic carbocycles. The van der Waals surface area contributed by atoms with Gasteiger partial charge in [-0.05, 0) is 49.4 Å². The molecule has 1 atom stereocenters. The molecule has 0 unspecified atom stereocenters. The fourth-order valence-corrected chi connectivity index (χ4v) is 3.69. The lowest BCUT2D eigenvalue weighted by molar-refractivity contribution is 0.0627. The minimum Gasteiger partial charge on any atom is -0.337 e. The molecule has 1 saturated heterocycles. The van der Waals surface area contributed by atoms with Crippen LogP contribution in [0, 0.1) is 23.5 Å². The maximum absolute atomic E-state index is 14.0. The Kier molecular flexibility index (Phi) is 5.91. The van der Waals surface area contributed by atoms with Crippen LogP contribution in [0.5, 0.6) is 0 Å². The summed E-state index contributed by atoms with van der Waals surface area (Å²) in [7, 11) is 1.73. The van der Waals surface area contributed by atoms with Gasteiger partial charge < -0.3 is 4.90 Å². The molecule has 5 nitrogen and oxygen atoms in total. The third-order valence-electron chi connectivity index (χ3n) is 5.04. The van der Waals surface area contributed by atoms with E-state index in [1.807, 2.05) is 0 Å². The normalized spacial score (nSPS) is 17.2. The maximum Gasteiger partial charge on any atom is 0.272 e. The Morgan fingerprint density at radius 2 is 2.00 bits per heavy atom. The monoisotopic (exact) mass is 389 g/mol. The number of carbonyl (C=O) groups is 2. The van der Waals surface area contributed by atoms with Crippen molar-refractivity contribution in [3.05, 3.63) is 52.9 Å². The standard InChI is InChI=1S/C21H25F2N3O2/c1-13(2)9-16-11-19(25(3)24-16)21(28)26-8-4-5-14(12-26)20(27)17-10-15(22)6-7-18(17)23/h6-7,10-11,13-14H,4-5,8-9,12H2,1-3H3/t14-/m1/s1. The molecule has 28 heavy (non-hydrogen) atoms. The van der Waals surface area contributed by atoms with Gasteiger partial charge in [-0.3, -0.25) is 14.3 Å². The summed E-state index contributed by atoms with van der Waals surface area (Å²) in [5.41, 5.74) is 1.08. The van der Waals surface area contributed by atoms with Gasteiger partial charge in [-0.25, -0.2) is 8.78 Å². The quantitative estimate of drug-likeness (QED) is 0.734. The van der Waals surface area contributed by atoms with E-state index in [0.717, 1.165) is 30.3 Å². The van der Waals surface area contributed by atoms with Gasteiger partial charge in [-0.1, -0.05) is 13.8 Å². The summed E-state index contributed by atoms with van der Waals surface area (Å²) >= 11 is 0. The maximum atomic E-state index is 14.0. The number of carbonyl (C=O) groups excluding carboxylic acids is 2. The van der Waals surface area contributed by atoms with Crippen LogP contribution in [-0.4, -0.2) is 39.5 Å². The summed E-state index contributed by atoms with van der Waals surface area (Å²) in [5.74, 6) is -2.16. The summed E-state index contributed by atoms with van der Waals surface area (Å²) in [6.45, 7) is 4.89. The van der Waals surface area contributed by atoms with Crippen molar-refractivity contribution >= 4 is 11.7 Å². The van der Waals surface area contributed by atoms with Crippen LogP contribution in [0.2, 0.25) is 0 Å². The molecular formula is C21H25F2N3O2. The van der Waals surface area contributed by atoms with Gasteiger partial charge in [0.25, 0.3) is 5.91 Å². The van der Waals surface area contributed by atoms with E-state index in [2.05, 4.69) is 18.9 Å². The number of ketones is 1. The summed E-state index contributed by atoms with van der Waals surface area (Å²) in [6, 6.07) is 4.66. The molecule has 3 rings (SSSR count). The highest BCUT2D eigenvalue weighted by atomic mass is 19.1. The van der Waals surface area contributed by atoms with E-state index >= 15 is 0 Å². The third-order valence-corrected chi connectivity index (χ3v) is 5.04. The molecule has 1 aromatic heterocycles. The van der Waals surface area contributed by atoms with Gasteiger partial charge >= 0.3 is 0 Å². The first-order valence-electron chi connectivity index (χ1n) is 9.57. The Morgan fingerprint density at radius 3 is 2.71 bits per heavy atom. The molecule has 1 amide bonds. The Morgan fingerprint density at radius 1 is 1.25 bits per heavy atom. The molecule has 1 aliphatic heterocycles. The highest BCUT2D eigenvalue weighted by Crippen LogP contribution is 2.24. The molecule has 0 spiro atoms. The Balaban J connectivity index is 1.76. The van der Waals surface area contributed by atoms with E-state index in [9.17, 15) is 18.4 Å². The SMILES string of the molecule is CC(C)Cc1cc(C(=O)N2CCC[C@@H](C(=O)c3cc(F)ccc3F)C2)n(C)n1. The second kappa shape index (κ2) is 8.20. The van der Waals surface area contributed by atoms with E-state index in [0.29, 0.717) is 31.0 Å². The summed E-state index contributed by atoms with van der Waals surface area (Å²) in [5, 5.41) is 4.40. The van der Waals surface area contributed by atoms with Crippen molar-refractivity contribution in [3.63, 3.8) is 0 Å². The molecule has 0 N–H and O–H groups in total. The second-order valence-corrected chi connectivity index (χ2v) is 7.82. The van der Waals surface area contributed by atoms with Crippen LogP contribution in [0.3, 0.4) is 0 Å². The van der Waals surface area contributed by atoms with Crippen molar-refractivity contribution in [3.8, 4) is 0 Å². The van der Waals surface area contributed by atoms with E-state index in [1.54, 1.807) is 22.7 Å². The van der Waals surface area contributed by atoms with Gasteiger partial charge in [0.15, 0.2) is 5.78 Å². The molecule has 1 fully saturated rings. The lowest BCUT2D eigenvalue weighted by Gasteiger charge is -2.32. The van der Waals surface area contributed by atoms with Gasteiger partial charge in [-0.15, -0.1) is 0 Å². The number of halogens is 2. The minimum absolute atomic E-state index is 0.192. The van der Waals surface area contributed by atoms with Crippen LogP contribution >= 0.6 is 0 Å². The number of aryl methyl sites for hydroxylation is 1. The van der Waals surface area contributed by atoms with Gasteiger partial charge in [-0.2, -0.15) is 5.10 Å². The van der Waals surface area contributed by atoms with Gasteiger partial charge in [0.1, 0.15) is 17.3 Å². The van der Waals surface area contributed by atoms with Crippen molar-refractivity contribution in [2.45, 2.75) is 33.1 Å². The average molecular weight is 389 g/mol. The number of amides is 1. The molecule has 0 radical (unpaired) electrons. The fraction of sp³-hybridized carbons (Fsp3) is 0.476. The van der Waals surface area contributed by atoms with E-state index in [1.165, 1.54) is 0 Å².